The van der Waals surface area contributed by atoms with E-state index in [1.807, 2.05) is 19.9 Å². The third kappa shape index (κ3) is 136. The first-order chi connectivity index (χ1) is 3.33. The highest BCUT2D eigenvalue weighted by Gasteiger charge is 1.49. The molecule has 0 amide bonds. The third-order valence-electron chi connectivity index (χ3n) is 0.158. The molecule has 0 saturated carbocycles. The lowest BCUT2D eigenvalue weighted by Crippen LogP contribution is -1.38. The summed E-state index contributed by atoms with van der Waals surface area (Å²) in [5.41, 5.74) is 0. The second kappa shape index (κ2) is 17.1. The zero-order valence-electron chi connectivity index (χ0n) is 4.74. The number of hydrogen-bond donors (Lipinski definition) is 0. The first-order valence-electron chi connectivity index (χ1n) is 2.26. The van der Waals surface area contributed by atoms with E-state index in [4.69, 9.17) is 16.9 Å². The zero-order chi connectivity index (χ0) is 6.12. The fourth-order valence-corrected chi connectivity index (χ4v) is 0. The van der Waals surface area contributed by atoms with Crippen molar-refractivity contribution in [3.63, 3.8) is 0 Å². The van der Waals surface area contributed by atoms with E-state index in [9.17, 15) is 0 Å². The van der Waals surface area contributed by atoms with Gasteiger partial charge in [-0.3, -0.25) is 0 Å². The maximum atomic E-state index is 7.62. The summed E-state index contributed by atoms with van der Waals surface area (Å²) in [6.07, 6.45) is 0.625. The van der Waals surface area contributed by atoms with Gasteiger partial charge in [-0.2, -0.15) is 5.26 Å². The van der Waals surface area contributed by atoms with Gasteiger partial charge in [0.2, 0.25) is 0 Å². The van der Waals surface area contributed by atoms with Crippen LogP contribution < -0.4 is 0 Å². The van der Waals surface area contributed by atoms with Crippen molar-refractivity contribution in [3.8, 4) is 6.07 Å². The molecule has 0 fully saturated rings. The predicted molar refractivity (Wildman–Crippen MR) is 32.3 cm³/mol. The van der Waals surface area contributed by atoms with Gasteiger partial charge in [0.05, 0.1) is 6.07 Å². The van der Waals surface area contributed by atoms with Crippen LogP contribution in [0.3, 0.4) is 0 Å². The summed E-state index contributed by atoms with van der Waals surface area (Å²) in [6.45, 7) is 3.71. The molecule has 0 bridgehead atoms. The summed E-state index contributed by atoms with van der Waals surface area (Å²) in [5, 5.41) is 7.62. The fraction of sp³-hybridized carbons (Fsp3) is 0.800. The number of halogens is 1. The van der Waals surface area contributed by atoms with Crippen LogP contribution in [-0.2, 0) is 0 Å². The molecule has 0 N–H and O–H groups in total. The normalized spacial score (nSPS) is 5.43. The zero-order valence-corrected chi connectivity index (χ0v) is 5.50. The van der Waals surface area contributed by atoms with Crippen LogP contribution in [0.4, 0.5) is 0 Å². The van der Waals surface area contributed by atoms with Gasteiger partial charge in [-0.1, -0.05) is 13.8 Å². The van der Waals surface area contributed by atoms with Crippen LogP contribution >= 0.6 is 11.6 Å². The fourth-order valence-electron chi connectivity index (χ4n) is 0. The van der Waals surface area contributed by atoms with E-state index >= 15 is 0 Å². The highest BCUT2D eigenvalue weighted by Crippen LogP contribution is 1.59. The van der Waals surface area contributed by atoms with E-state index in [-0.39, 0.29) is 0 Å². The Kier molecular flexibility index (Phi) is 24.2. The Morgan fingerprint density at radius 3 is 1.71 bits per heavy atom. The number of rotatable bonds is 0. The molecule has 0 unspecified atom stereocenters. The molecule has 0 aliphatic carbocycles. The number of nitriles is 1. The van der Waals surface area contributed by atoms with E-state index < -0.39 is 0 Å². The Morgan fingerprint density at radius 1 is 1.57 bits per heavy atom. The van der Waals surface area contributed by atoms with Gasteiger partial charge >= 0.3 is 0 Å². The van der Waals surface area contributed by atoms with Crippen LogP contribution in [0.2, 0.25) is 0 Å². The highest BCUT2D eigenvalue weighted by molar-refractivity contribution is 6.17. The minimum Gasteiger partial charge on any atom is -0.198 e. The Hall–Kier alpha value is -0.220. The van der Waals surface area contributed by atoms with Crippen LogP contribution in [0.1, 0.15) is 20.3 Å². The van der Waals surface area contributed by atoms with Crippen molar-refractivity contribution in [2.45, 2.75) is 20.3 Å². The molecule has 0 atom stereocenters. The van der Waals surface area contributed by atoms with Crippen LogP contribution in [-0.4, -0.2) is 5.88 Å². The van der Waals surface area contributed by atoms with Crippen LogP contribution in [0, 0.1) is 11.3 Å². The summed E-state index contributed by atoms with van der Waals surface area (Å²) in [6, 6.07) is 1.93. The Bertz CT molecular complexity index is 46.5. The minimum absolute atomic E-state index is 0.625. The molecular weight excluding hydrogens is 110 g/mol. The molecule has 0 heterocycles. The van der Waals surface area contributed by atoms with Gasteiger partial charge in [0.1, 0.15) is 0 Å². The van der Waals surface area contributed by atoms with Gasteiger partial charge in [-0.05, 0) is 0 Å². The van der Waals surface area contributed by atoms with Gasteiger partial charge in [0.25, 0.3) is 0 Å². The summed E-state index contributed by atoms with van der Waals surface area (Å²) >= 11 is 5.00. The van der Waals surface area contributed by atoms with Gasteiger partial charge < -0.3 is 0 Å². The van der Waals surface area contributed by atoms with Gasteiger partial charge in [-0.25, -0.2) is 0 Å². The maximum absolute atomic E-state index is 7.62. The van der Waals surface area contributed by atoms with E-state index in [1.165, 1.54) is 0 Å². The van der Waals surface area contributed by atoms with Crippen molar-refractivity contribution in [1.82, 2.24) is 0 Å². The molecule has 0 aromatic carbocycles. The first kappa shape index (κ1) is 9.91. The SMILES string of the molecule is CCC#N.CCCl. The van der Waals surface area contributed by atoms with Crippen molar-refractivity contribution in [2.24, 2.45) is 0 Å². The largest absolute Gasteiger partial charge is 0.198 e. The van der Waals surface area contributed by atoms with Crippen molar-refractivity contribution in [2.75, 3.05) is 5.88 Å². The summed E-state index contributed by atoms with van der Waals surface area (Å²) in [5.74, 6) is 0.722. The molecule has 0 aromatic heterocycles. The Labute approximate surface area is 49.9 Å². The number of nitrogens with zero attached hydrogens (tertiary/aromatic N) is 1. The molecule has 0 radical (unpaired) electrons. The van der Waals surface area contributed by atoms with Crippen molar-refractivity contribution in [3.05, 3.63) is 0 Å². The maximum Gasteiger partial charge on any atom is 0.0618 e. The topological polar surface area (TPSA) is 23.8 Å². The average molecular weight is 120 g/mol. The van der Waals surface area contributed by atoms with Gasteiger partial charge in [-0.15, -0.1) is 11.6 Å². The Morgan fingerprint density at radius 2 is 1.71 bits per heavy atom. The molecule has 0 rings (SSSR count). The van der Waals surface area contributed by atoms with Crippen molar-refractivity contribution < 1.29 is 0 Å². The monoisotopic (exact) mass is 119 g/mol. The molecule has 42 valence electrons. The number of hydrogen-bond acceptors (Lipinski definition) is 1. The lowest BCUT2D eigenvalue weighted by molar-refractivity contribution is 1.22. The molecular formula is C5H10ClN. The summed E-state index contributed by atoms with van der Waals surface area (Å²) in [4.78, 5) is 0. The minimum atomic E-state index is 0.625. The van der Waals surface area contributed by atoms with Gasteiger partial charge in [0, 0.05) is 12.3 Å². The van der Waals surface area contributed by atoms with E-state index in [0.717, 1.165) is 5.88 Å². The van der Waals surface area contributed by atoms with Crippen LogP contribution in [0.5, 0.6) is 0 Å². The first-order valence-corrected chi connectivity index (χ1v) is 2.79. The second-order valence-electron chi connectivity index (χ2n) is 0.779. The highest BCUT2D eigenvalue weighted by atomic mass is 35.5. The Balaban J connectivity index is 0. The molecule has 7 heavy (non-hydrogen) atoms. The summed E-state index contributed by atoms with van der Waals surface area (Å²) < 4.78 is 0. The van der Waals surface area contributed by atoms with Gasteiger partial charge in [0.15, 0.2) is 0 Å². The van der Waals surface area contributed by atoms with Crippen molar-refractivity contribution in [1.29, 1.82) is 5.26 Å². The third-order valence-corrected chi connectivity index (χ3v) is 0.158. The quantitative estimate of drug-likeness (QED) is 0.449. The lowest BCUT2D eigenvalue weighted by Gasteiger charge is -1.47. The average Bonchev–Trinajstić information content (AvgIpc) is 1.69. The van der Waals surface area contributed by atoms with Crippen LogP contribution in [0.15, 0.2) is 0 Å². The van der Waals surface area contributed by atoms with E-state index in [0.29, 0.717) is 6.42 Å². The molecule has 0 aliphatic rings. The standard InChI is InChI=1S/C3H5N.C2H5Cl/c1-2-3-4;1-2-3/h2H2,1H3;2H2,1H3. The molecule has 0 aliphatic heterocycles. The second-order valence-corrected chi connectivity index (χ2v) is 1.31. The molecule has 0 aromatic rings. The predicted octanol–water partition coefficient (Wildman–Crippen LogP) is 2.17. The molecule has 1 nitrogen and oxygen atoms in total. The number of alkyl halides is 1. The lowest BCUT2D eigenvalue weighted by atomic mass is 10.6. The molecule has 0 saturated heterocycles. The molecule has 0 spiro atoms. The van der Waals surface area contributed by atoms with E-state index in [1.54, 1.807) is 0 Å². The van der Waals surface area contributed by atoms with Crippen molar-refractivity contribution >= 4 is 11.6 Å². The van der Waals surface area contributed by atoms with Crippen LogP contribution in [0.25, 0.3) is 0 Å². The smallest absolute Gasteiger partial charge is 0.0618 e. The summed E-state index contributed by atoms with van der Waals surface area (Å²) in [7, 11) is 0. The molecule has 2 heteroatoms. The van der Waals surface area contributed by atoms with E-state index in [2.05, 4.69) is 0 Å².